The fourth-order valence-corrected chi connectivity index (χ4v) is 5.50. The summed E-state index contributed by atoms with van der Waals surface area (Å²) in [5.74, 6) is 1.38. The minimum absolute atomic E-state index is 0.146. The second kappa shape index (κ2) is 8.37. The zero-order valence-electron chi connectivity index (χ0n) is 15.0. The van der Waals surface area contributed by atoms with Gasteiger partial charge in [-0.05, 0) is 50.0 Å². The van der Waals surface area contributed by atoms with Crippen LogP contribution in [0, 0.1) is 17.2 Å². The third-order valence-corrected chi connectivity index (χ3v) is 6.88. The zero-order chi connectivity index (χ0) is 17.8. The lowest BCUT2D eigenvalue weighted by molar-refractivity contribution is 0.481. The highest BCUT2D eigenvalue weighted by Crippen LogP contribution is 2.34. The number of thioether (sulfide) groups is 1. The van der Waals surface area contributed by atoms with Crippen LogP contribution >= 0.6 is 23.1 Å². The molecule has 4 nitrogen and oxygen atoms in total. The Balaban J connectivity index is 2.01. The first kappa shape index (κ1) is 18.5. The van der Waals surface area contributed by atoms with Crippen LogP contribution in [-0.4, -0.2) is 15.3 Å². The van der Waals surface area contributed by atoms with Gasteiger partial charge in [0, 0.05) is 23.6 Å². The van der Waals surface area contributed by atoms with E-state index in [0.29, 0.717) is 12.3 Å². The Morgan fingerprint density at radius 2 is 2.16 bits per heavy atom. The number of thiophene rings is 1. The molecule has 1 aliphatic rings. The fourth-order valence-electron chi connectivity index (χ4n) is 3.23. The van der Waals surface area contributed by atoms with Crippen molar-refractivity contribution in [1.82, 2.24) is 9.55 Å². The van der Waals surface area contributed by atoms with E-state index in [9.17, 15) is 4.79 Å². The molecular weight excluding hydrogens is 350 g/mol. The maximum absolute atomic E-state index is 13.2. The van der Waals surface area contributed by atoms with Crippen LogP contribution in [0.1, 0.15) is 56.4 Å². The number of rotatable bonds is 7. The van der Waals surface area contributed by atoms with Gasteiger partial charge in [0.2, 0.25) is 0 Å². The number of aryl methyl sites for hydroxylation is 2. The van der Waals surface area contributed by atoms with Gasteiger partial charge in [0.15, 0.2) is 5.16 Å². The maximum Gasteiger partial charge on any atom is 0.263 e. The van der Waals surface area contributed by atoms with Gasteiger partial charge in [-0.2, -0.15) is 5.26 Å². The van der Waals surface area contributed by atoms with E-state index < -0.39 is 0 Å². The lowest BCUT2D eigenvalue weighted by atomic mass is 9.97. The number of nitriles is 1. The van der Waals surface area contributed by atoms with Gasteiger partial charge in [-0.3, -0.25) is 9.36 Å². The van der Waals surface area contributed by atoms with Crippen LogP contribution in [0.4, 0.5) is 0 Å². The van der Waals surface area contributed by atoms with Crippen LogP contribution < -0.4 is 5.56 Å². The van der Waals surface area contributed by atoms with Crippen molar-refractivity contribution in [2.24, 2.45) is 5.92 Å². The molecule has 3 rings (SSSR count). The van der Waals surface area contributed by atoms with Crippen molar-refractivity contribution in [3.8, 4) is 6.07 Å². The van der Waals surface area contributed by atoms with E-state index in [2.05, 4.69) is 19.9 Å². The van der Waals surface area contributed by atoms with E-state index in [1.165, 1.54) is 23.3 Å². The first-order valence-corrected chi connectivity index (χ1v) is 11.0. The van der Waals surface area contributed by atoms with E-state index in [-0.39, 0.29) is 5.56 Å². The van der Waals surface area contributed by atoms with Crippen molar-refractivity contribution < 1.29 is 0 Å². The Bertz CT molecular complexity index is 845. The molecule has 2 aromatic heterocycles. The number of hydrogen-bond donors (Lipinski definition) is 0. The van der Waals surface area contributed by atoms with Gasteiger partial charge in [-0.25, -0.2) is 4.98 Å². The van der Waals surface area contributed by atoms with Crippen molar-refractivity contribution in [2.45, 2.75) is 70.5 Å². The third kappa shape index (κ3) is 4.09. The zero-order valence-corrected chi connectivity index (χ0v) is 16.6. The number of nitrogens with zero attached hydrogens (tertiary/aromatic N) is 3. The molecule has 2 heterocycles. The van der Waals surface area contributed by atoms with E-state index in [1.807, 2.05) is 4.57 Å². The Morgan fingerprint density at radius 1 is 1.36 bits per heavy atom. The van der Waals surface area contributed by atoms with E-state index >= 15 is 0 Å². The number of hydrogen-bond acceptors (Lipinski definition) is 5. The monoisotopic (exact) mass is 375 g/mol. The topological polar surface area (TPSA) is 58.7 Å². The molecule has 0 aromatic carbocycles. The van der Waals surface area contributed by atoms with Crippen molar-refractivity contribution in [3.63, 3.8) is 0 Å². The summed E-state index contributed by atoms with van der Waals surface area (Å²) in [7, 11) is 0. The molecule has 0 bridgehead atoms. The third-order valence-electron chi connectivity index (χ3n) is 4.63. The van der Waals surface area contributed by atoms with Crippen LogP contribution in [0.25, 0.3) is 10.2 Å². The fraction of sp³-hybridized carbons (Fsp3) is 0.632. The molecule has 2 aromatic rings. The summed E-state index contributed by atoms with van der Waals surface area (Å²) < 4.78 is 1.89. The highest BCUT2D eigenvalue weighted by atomic mass is 32.2. The van der Waals surface area contributed by atoms with Crippen LogP contribution in [0.5, 0.6) is 0 Å². The van der Waals surface area contributed by atoms with Gasteiger partial charge < -0.3 is 0 Å². The first-order valence-electron chi connectivity index (χ1n) is 9.16. The van der Waals surface area contributed by atoms with Crippen molar-refractivity contribution in [1.29, 1.82) is 5.26 Å². The van der Waals surface area contributed by atoms with Crippen LogP contribution in [0.2, 0.25) is 0 Å². The Labute approximate surface area is 157 Å². The largest absolute Gasteiger partial charge is 0.287 e. The molecule has 0 unspecified atom stereocenters. The van der Waals surface area contributed by atoms with E-state index in [1.54, 1.807) is 23.1 Å². The van der Waals surface area contributed by atoms with Crippen molar-refractivity contribution in [2.75, 3.05) is 5.75 Å². The SMILES string of the molecule is CC(C)CCn1c(SCCCC#N)nc2sc3c(c2c1=O)CCCC3. The lowest BCUT2D eigenvalue weighted by Crippen LogP contribution is -2.24. The molecule has 134 valence electrons. The van der Waals surface area contributed by atoms with E-state index in [4.69, 9.17) is 10.2 Å². The molecule has 0 atom stereocenters. The molecule has 0 fully saturated rings. The molecule has 1 aliphatic carbocycles. The Morgan fingerprint density at radius 3 is 2.92 bits per heavy atom. The summed E-state index contributed by atoms with van der Waals surface area (Å²) in [6.45, 7) is 5.09. The van der Waals surface area contributed by atoms with Crippen LogP contribution in [0.15, 0.2) is 9.95 Å². The minimum atomic E-state index is 0.146. The molecule has 0 aliphatic heterocycles. The minimum Gasteiger partial charge on any atom is -0.287 e. The summed E-state index contributed by atoms with van der Waals surface area (Å²) in [4.78, 5) is 20.4. The second-order valence-corrected chi connectivity index (χ2v) is 9.18. The van der Waals surface area contributed by atoms with Gasteiger partial charge >= 0.3 is 0 Å². The number of fused-ring (bicyclic) bond motifs is 3. The standard InChI is InChI=1S/C19H25N3OS2/c1-13(2)9-11-22-18(23)16-14-7-3-4-8-15(14)25-17(16)21-19(22)24-12-6-5-10-20/h13H,3-9,11-12H2,1-2H3. The predicted octanol–water partition coefficient (Wildman–Crippen LogP) is 4.78. The summed E-state index contributed by atoms with van der Waals surface area (Å²) in [6, 6.07) is 2.18. The molecule has 6 heteroatoms. The van der Waals surface area contributed by atoms with Gasteiger partial charge in [-0.1, -0.05) is 25.6 Å². The van der Waals surface area contributed by atoms with Crippen molar-refractivity contribution >= 4 is 33.3 Å². The highest BCUT2D eigenvalue weighted by Gasteiger charge is 2.22. The van der Waals surface area contributed by atoms with Crippen LogP contribution in [-0.2, 0) is 19.4 Å². The maximum atomic E-state index is 13.2. The predicted molar refractivity (Wildman–Crippen MR) is 106 cm³/mol. The first-order chi connectivity index (χ1) is 12.1. The highest BCUT2D eigenvalue weighted by molar-refractivity contribution is 7.99. The normalized spacial score (nSPS) is 14.0. The molecule has 0 radical (unpaired) electrons. The van der Waals surface area contributed by atoms with Gasteiger partial charge in [0.05, 0.1) is 11.5 Å². The van der Waals surface area contributed by atoms with Gasteiger partial charge in [-0.15, -0.1) is 11.3 Å². The van der Waals surface area contributed by atoms with Gasteiger partial charge in [0.25, 0.3) is 5.56 Å². The van der Waals surface area contributed by atoms with Crippen molar-refractivity contribution in [3.05, 3.63) is 20.8 Å². The molecular formula is C19H25N3OS2. The lowest BCUT2D eigenvalue weighted by Gasteiger charge is -2.14. The average Bonchev–Trinajstić information content (AvgIpc) is 2.96. The Kier molecular flexibility index (Phi) is 6.19. The van der Waals surface area contributed by atoms with E-state index in [0.717, 1.165) is 53.4 Å². The number of unbranched alkanes of at least 4 members (excludes halogenated alkanes) is 1. The van der Waals surface area contributed by atoms with Crippen LogP contribution in [0.3, 0.4) is 0 Å². The summed E-state index contributed by atoms with van der Waals surface area (Å²) >= 11 is 3.34. The molecule has 25 heavy (non-hydrogen) atoms. The number of aromatic nitrogens is 2. The quantitative estimate of drug-likeness (QED) is 0.397. The smallest absolute Gasteiger partial charge is 0.263 e. The molecule has 0 saturated heterocycles. The summed E-state index contributed by atoms with van der Waals surface area (Å²) in [6.07, 6.45) is 6.87. The second-order valence-electron chi connectivity index (χ2n) is 7.03. The molecule has 0 spiro atoms. The average molecular weight is 376 g/mol. The molecule has 0 N–H and O–H groups in total. The Hall–Kier alpha value is -1.32. The summed E-state index contributed by atoms with van der Waals surface area (Å²) in [5.41, 5.74) is 1.41. The summed E-state index contributed by atoms with van der Waals surface area (Å²) in [5, 5.41) is 10.4. The van der Waals surface area contributed by atoms with Gasteiger partial charge in [0.1, 0.15) is 4.83 Å². The molecule has 0 saturated carbocycles. The molecule has 0 amide bonds.